The minimum absolute atomic E-state index is 0.102. The van der Waals surface area contributed by atoms with E-state index in [0.717, 1.165) is 51.1 Å². The van der Waals surface area contributed by atoms with Crippen molar-refractivity contribution in [2.75, 3.05) is 20.2 Å². The van der Waals surface area contributed by atoms with E-state index in [1.54, 1.807) is 7.11 Å². The highest BCUT2D eigenvalue weighted by atomic mass is 16.5. The van der Waals surface area contributed by atoms with Crippen LogP contribution in [0.15, 0.2) is 48.5 Å². The molecule has 132 valence electrons. The Labute approximate surface area is 150 Å². The lowest BCUT2D eigenvalue weighted by Gasteiger charge is -2.48. The highest BCUT2D eigenvalue weighted by Crippen LogP contribution is 2.46. The second kappa shape index (κ2) is 6.81. The van der Waals surface area contributed by atoms with Gasteiger partial charge in [0.25, 0.3) is 0 Å². The quantitative estimate of drug-likeness (QED) is 0.930. The van der Waals surface area contributed by atoms with Crippen LogP contribution in [0.5, 0.6) is 5.75 Å². The van der Waals surface area contributed by atoms with Gasteiger partial charge in [0.2, 0.25) is 0 Å². The predicted molar refractivity (Wildman–Crippen MR) is 100.0 cm³/mol. The van der Waals surface area contributed by atoms with Crippen LogP contribution in [0.4, 0.5) is 0 Å². The van der Waals surface area contributed by atoms with Crippen molar-refractivity contribution in [2.45, 2.75) is 43.7 Å². The number of nitrogens with zero attached hydrogens (tertiary/aromatic N) is 1. The molecule has 2 aromatic rings. The number of hydrogen-bond donors (Lipinski definition) is 1. The summed E-state index contributed by atoms with van der Waals surface area (Å²) >= 11 is 0. The Morgan fingerprint density at radius 3 is 2.60 bits per heavy atom. The minimum atomic E-state index is -0.244. The van der Waals surface area contributed by atoms with Crippen molar-refractivity contribution in [2.24, 2.45) is 0 Å². The van der Waals surface area contributed by atoms with E-state index in [2.05, 4.69) is 53.4 Å². The van der Waals surface area contributed by atoms with Gasteiger partial charge in [-0.15, -0.1) is 0 Å². The number of aliphatic hydroxyl groups is 1. The van der Waals surface area contributed by atoms with Gasteiger partial charge in [0.1, 0.15) is 5.75 Å². The first-order valence-electron chi connectivity index (χ1n) is 9.33. The van der Waals surface area contributed by atoms with Gasteiger partial charge in [-0.3, -0.25) is 4.90 Å². The number of methoxy groups -OCH3 is 1. The van der Waals surface area contributed by atoms with Gasteiger partial charge in [0.05, 0.1) is 13.2 Å². The SMILES string of the molecule is COc1ccc2c(c1)C1(CCN(Cc3ccccc3)CC1)C(O)CC2. The van der Waals surface area contributed by atoms with Crippen LogP contribution in [-0.2, 0) is 18.4 Å². The van der Waals surface area contributed by atoms with Gasteiger partial charge in [-0.1, -0.05) is 36.4 Å². The summed E-state index contributed by atoms with van der Waals surface area (Å²) in [5.74, 6) is 0.902. The van der Waals surface area contributed by atoms with Crippen LogP contribution in [-0.4, -0.2) is 36.3 Å². The first-order chi connectivity index (χ1) is 12.2. The van der Waals surface area contributed by atoms with Crippen molar-refractivity contribution < 1.29 is 9.84 Å². The van der Waals surface area contributed by atoms with Crippen molar-refractivity contribution in [3.05, 3.63) is 65.2 Å². The molecule has 0 radical (unpaired) electrons. The number of piperidine rings is 1. The van der Waals surface area contributed by atoms with Crippen LogP contribution in [0, 0.1) is 0 Å². The molecule has 2 aliphatic rings. The van der Waals surface area contributed by atoms with Crippen LogP contribution >= 0.6 is 0 Å². The Bertz CT molecular complexity index is 720. The maximum atomic E-state index is 10.9. The standard InChI is InChI=1S/C22H27NO2/c1-25-19-9-7-18-8-10-21(24)22(20(18)15-19)11-13-23(14-12-22)16-17-5-3-2-4-6-17/h2-7,9,15,21,24H,8,10-14,16H2,1H3. The van der Waals surface area contributed by atoms with E-state index in [9.17, 15) is 5.11 Å². The third kappa shape index (κ3) is 3.07. The minimum Gasteiger partial charge on any atom is -0.497 e. The first-order valence-corrected chi connectivity index (χ1v) is 9.33. The average molecular weight is 337 g/mol. The number of fused-ring (bicyclic) bond motifs is 2. The largest absolute Gasteiger partial charge is 0.497 e. The first kappa shape index (κ1) is 16.6. The second-order valence-electron chi connectivity index (χ2n) is 7.50. The smallest absolute Gasteiger partial charge is 0.119 e. The van der Waals surface area contributed by atoms with Crippen molar-refractivity contribution in [3.8, 4) is 5.75 Å². The summed E-state index contributed by atoms with van der Waals surface area (Å²) < 4.78 is 5.46. The van der Waals surface area contributed by atoms with E-state index < -0.39 is 0 Å². The molecule has 4 rings (SSSR count). The van der Waals surface area contributed by atoms with E-state index in [1.807, 2.05) is 0 Å². The molecule has 1 fully saturated rings. The lowest BCUT2D eigenvalue weighted by atomic mass is 9.63. The number of rotatable bonds is 3. The van der Waals surface area contributed by atoms with E-state index in [0.29, 0.717) is 0 Å². The molecule has 1 atom stereocenters. The summed E-state index contributed by atoms with van der Waals surface area (Å²) in [6.07, 6.45) is 3.63. The van der Waals surface area contributed by atoms with Gasteiger partial charge in [-0.25, -0.2) is 0 Å². The molecule has 2 aromatic carbocycles. The summed E-state index contributed by atoms with van der Waals surface area (Å²) in [4.78, 5) is 2.52. The molecule has 1 aliphatic heterocycles. The van der Waals surface area contributed by atoms with Gasteiger partial charge < -0.3 is 9.84 Å². The zero-order valence-electron chi connectivity index (χ0n) is 14.9. The molecular weight excluding hydrogens is 310 g/mol. The molecule has 0 bridgehead atoms. The summed E-state index contributed by atoms with van der Waals surface area (Å²) in [5.41, 5.74) is 3.98. The molecule has 1 unspecified atom stereocenters. The Morgan fingerprint density at radius 1 is 1.12 bits per heavy atom. The maximum Gasteiger partial charge on any atom is 0.119 e. The molecule has 1 heterocycles. The molecule has 3 heteroatoms. The van der Waals surface area contributed by atoms with Crippen molar-refractivity contribution in [1.29, 1.82) is 0 Å². The van der Waals surface area contributed by atoms with Crippen LogP contribution in [0.1, 0.15) is 36.0 Å². The van der Waals surface area contributed by atoms with E-state index in [4.69, 9.17) is 4.74 Å². The van der Waals surface area contributed by atoms with Crippen molar-refractivity contribution >= 4 is 0 Å². The number of aryl methyl sites for hydroxylation is 1. The molecule has 1 saturated heterocycles. The van der Waals surface area contributed by atoms with Gasteiger partial charge in [0.15, 0.2) is 0 Å². The third-order valence-corrected chi connectivity index (χ3v) is 6.18. The Balaban J connectivity index is 1.55. The molecule has 0 amide bonds. The van der Waals surface area contributed by atoms with Crippen molar-refractivity contribution in [3.63, 3.8) is 0 Å². The zero-order valence-corrected chi connectivity index (χ0v) is 14.9. The lowest BCUT2D eigenvalue weighted by molar-refractivity contribution is 0.0161. The summed E-state index contributed by atoms with van der Waals surface area (Å²) in [6.45, 7) is 3.06. The lowest BCUT2D eigenvalue weighted by Crippen LogP contribution is -2.51. The number of benzene rings is 2. The van der Waals surface area contributed by atoms with Gasteiger partial charge in [-0.05, 0) is 67.6 Å². The fourth-order valence-electron chi connectivity index (χ4n) is 4.67. The number of ether oxygens (including phenoxy) is 1. The Hall–Kier alpha value is -1.84. The van der Waals surface area contributed by atoms with Gasteiger partial charge in [0, 0.05) is 12.0 Å². The topological polar surface area (TPSA) is 32.7 Å². The van der Waals surface area contributed by atoms with Crippen molar-refractivity contribution in [1.82, 2.24) is 4.90 Å². The fourth-order valence-corrected chi connectivity index (χ4v) is 4.67. The third-order valence-electron chi connectivity index (χ3n) is 6.18. The molecule has 1 N–H and O–H groups in total. The van der Waals surface area contributed by atoms with Crippen LogP contribution in [0.25, 0.3) is 0 Å². The molecule has 25 heavy (non-hydrogen) atoms. The average Bonchev–Trinajstić information content (AvgIpc) is 2.67. The van der Waals surface area contributed by atoms with E-state index in [1.165, 1.54) is 16.7 Å². The molecule has 0 saturated carbocycles. The molecule has 3 nitrogen and oxygen atoms in total. The Kier molecular flexibility index (Phi) is 4.53. The summed E-state index contributed by atoms with van der Waals surface area (Å²) in [5, 5.41) is 10.9. The summed E-state index contributed by atoms with van der Waals surface area (Å²) in [7, 11) is 1.72. The fraction of sp³-hybridized carbons (Fsp3) is 0.455. The predicted octanol–water partition coefficient (Wildman–Crippen LogP) is 3.54. The highest BCUT2D eigenvalue weighted by molar-refractivity contribution is 5.44. The van der Waals surface area contributed by atoms with E-state index >= 15 is 0 Å². The maximum absolute atomic E-state index is 10.9. The van der Waals surface area contributed by atoms with Gasteiger partial charge >= 0.3 is 0 Å². The monoisotopic (exact) mass is 337 g/mol. The van der Waals surface area contributed by atoms with Crippen LogP contribution < -0.4 is 4.74 Å². The Morgan fingerprint density at radius 2 is 1.88 bits per heavy atom. The molecule has 1 aliphatic carbocycles. The second-order valence-corrected chi connectivity index (χ2v) is 7.50. The number of hydrogen-bond acceptors (Lipinski definition) is 3. The highest BCUT2D eigenvalue weighted by Gasteiger charge is 2.45. The van der Waals surface area contributed by atoms with E-state index in [-0.39, 0.29) is 11.5 Å². The zero-order chi connectivity index (χ0) is 17.3. The molecule has 1 spiro atoms. The summed E-state index contributed by atoms with van der Waals surface area (Å²) in [6, 6.07) is 17.1. The van der Waals surface area contributed by atoms with Gasteiger partial charge in [-0.2, -0.15) is 0 Å². The normalized spacial score (nSPS) is 22.6. The molecular formula is C22H27NO2. The number of likely N-dealkylation sites (tertiary alicyclic amines) is 1. The van der Waals surface area contributed by atoms with Crippen LogP contribution in [0.3, 0.4) is 0 Å². The number of aliphatic hydroxyl groups excluding tert-OH is 1. The van der Waals surface area contributed by atoms with Crippen LogP contribution in [0.2, 0.25) is 0 Å². The molecule has 0 aromatic heterocycles.